The average Bonchev–Trinajstić information content (AvgIpc) is 2.39. The molecule has 0 spiro atoms. The third-order valence-corrected chi connectivity index (χ3v) is 4.58. The summed E-state index contributed by atoms with van der Waals surface area (Å²) in [6, 6.07) is 1.31. The van der Waals surface area contributed by atoms with Crippen molar-refractivity contribution in [1.82, 2.24) is 10.2 Å². The van der Waals surface area contributed by atoms with Gasteiger partial charge in [-0.05, 0) is 25.0 Å². The molecule has 21 heavy (non-hydrogen) atoms. The van der Waals surface area contributed by atoms with E-state index in [1.165, 1.54) is 13.0 Å². The fraction of sp³-hybridized carbons (Fsp3) is 0.538. The average molecular weight is 342 g/mol. The van der Waals surface area contributed by atoms with Crippen LogP contribution < -0.4 is 62.2 Å². The van der Waals surface area contributed by atoms with Crippen molar-refractivity contribution in [3.05, 3.63) is 22.8 Å². The van der Waals surface area contributed by atoms with Crippen molar-refractivity contribution < 1.29 is 64.3 Å². The molecule has 0 saturated carbocycles. The Hall–Kier alpha value is 0.981. The molecule has 1 saturated heterocycles. The maximum atomic E-state index is 13.1. The zero-order valence-corrected chi connectivity index (χ0v) is 16.7. The number of nitrogens with one attached hydrogen (secondary N) is 1. The molecule has 2 rings (SSSR count). The van der Waals surface area contributed by atoms with E-state index in [2.05, 4.69) is 22.8 Å². The van der Waals surface area contributed by atoms with Gasteiger partial charge in [0.05, 0.1) is 0 Å². The Morgan fingerprint density at radius 3 is 2.29 bits per heavy atom. The molecule has 1 N–H and O–H groups in total. The zero-order valence-electron chi connectivity index (χ0n) is 12.7. The molecule has 0 atom stereocenters. The van der Waals surface area contributed by atoms with Crippen LogP contribution in [0, 0.1) is 13.8 Å². The van der Waals surface area contributed by atoms with Crippen LogP contribution in [-0.2, 0) is 6.54 Å². The first-order chi connectivity index (χ1) is 9.30. The Bertz CT molecular complexity index is 505. The topological polar surface area (TPSA) is 15.3 Å². The summed E-state index contributed by atoms with van der Waals surface area (Å²) in [5.41, 5.74) is 1.32. The zero-order chi connectivity index (χ0) is 14.9. The first-order valence-electron chi connectivity index (χ1n) is 6.75. The molecule has 1 aliphatic heterocycles. The predicted molar refractivity (Wildman–Crippen MR) is 80.0 cm³/mol. The van der Waals surface area contributed by atoms with Crippen LogP contribution in [-0.4, -0.2) is 38.1 Å². The maximum Gasteiger partial charge on any atom is 1.00 e. The van der Waals surface area contributed by atoms with Gasteiger partial charge in [0.1, 0.15) is 0 Å². The van der Waals surface area contributed by atoms with Crippen LogP contribution in [0.2, 0.25) is 0 Å². The summed E-state index contributed by atoms with van der Waals surface area (Å²) in [4.78, 5) is 2.64. The van der Waals surface area contributed by atoms with E-state index in [0.29, 0.717) is 11.4 Å². The SMILES string of the molecule is Cc1c(CN2CCNCC2)cc([B-](F)(F)F)c(C)c1S.[K+]. The van der Waals surface area contributed by atoms with Crippen molar-refractivity contribution in [2.75, 3.05) is 26.2 Å². The second-order valence-corrected chi connectivity index (χ2v) is 5.77. The Labute approximate surface area is 172 Å². The first-order valence-corrected chi connectivity index (χ1v) is 7.20. The summed E-state index contributed by atoms with van der Waals surface area (Å²) in [5.74, 6) is 0. The predicted octanol–water partition coefficient (Wildman–Crippen LogP) is -0.944. The minimum absolute atomic E-state index is 0. The van der Waals surface area contributed by atoms with Crippen molar-refractivity contribution >= 4 is 25.1 Å². The van der Waals surface area contributed by atoms with Gasteiger partial charge in [-0.3, -0.25) is 4.90 Å². The molecule has 1 aromatic carbocycles. The molecule has 0 aromatic heterocycles. The Morgan fingerprint density at radius 1 is 1.19 bits per heavy atom. The smallest absolute Gasteiger partial charge is 0.445 e. The molecule has 2 nitrogen and oxygen atoms in total. The Morgan fingerprint density at radius 2 is 1.76 bits per heavy atom. The Balaban J connectivity index is 0.00000220. The second kappa shape index (κ2) is 8.19. The van der Waals surface area contributed by atoms with E-state index >= 15 is 0 Å². The van der Waals surface area contributed by atoms with Gasteiger partial charge in [-0.15, -0.1) is 18.1 Å². The summed E-state index contributed by atoms with van der Waals surface area (Å²) in [7, 11) is 0. The molecule has 0 aliphatic carbocycles. The molecule has 0 unspecified atom stereocenters. The summed E-state index contributed by atoms with van der Waals surface area (Å²) < 4.78 is 39.4. The molecule has 1 aliphatic rings. The van der Waals surface area contributed by atoms with E-state index in [9.17, 15) is 12.9 Å². The molecular weight excluding hydrogens is 323 g/mol. The number of piperazine rings is 1. The van der Waals surface area contributed by atoms with Gasteiger partial charge in [-0.1, -0.05) is 11.6 Å². The molecule has 0 amide bonds. The molecular formula is C13H19BF3KN2S. The van der Waals surface area contributed by atoms with Gasteiger partial charge in [0, 0.05) is 37.6 Å². The van der Waals surface area contributed by atoms with Gasteiger partial charge in [-0.2, -0.15) is 0 Å². The molecule has 1 heterocycles. The number of rotatable bonds is 3. The quantitative estimate of drug-likeness (QED) is 0.544. The first kappa shape index (κ1) is 20.0. The monoisotopic (exact) mass is 342 g/mol. The van der Waals surface area contributed by atoms with E-state index in [4.69, 9.17) is 0 Å². The minimum Gasteiger partial charge on any atom is -0.445 e. The molecule has 1 aromatic rings. The number of hydrogen-bond donors (Lipinski definition) is 2. The van der Waals surface area contributed by atoms with Gasteiger partial charge in [0.2, 0.25) is 0 Å². The van der Waals surface area contributed by atoms with Crippen LogP contribution in [0.1, 0.15) is 16.7 Å². The fourth-order valence-corrected chi connectivity index (χ4v) is 2.86. The van der Waals surface area contributed by atoms with Gasteiger partial charge in [-0.25, -0.2) is 0 Å². The van der Waals surface area contributed by atoms with Crippen LogP contribution >= 0.6 is 12.6 Å². The number of hydrogen-bond acceptors (Lipinski definition) is 3. The van der Waals surface area contributed by atoms with Crippen LogP contribution in [0.4, 0.5) is 12.9 Å². The van der Waals surface area contributed by atoms with Gasteiger partial charge in [0.25, 0.3) is 0 Å². The van der Waals surface area contributed by atoms with Crippen molar-refractivity contribution in [3.63, 3.8) is 0 Å². The van der Waals surface area contributed by atoms with E-state index in [-0.39, 0.29) is 56.9 Å². The molecule has 8 heteroatoms. The largest absolute Gasteiger partial charge is 1.00 e. The molecule has 112 valence electrons. The third kappa shape index (κ3) is 4.97. The van der Waals surface area contributed by atoms with Crippen LogP contribution in [0.15, 0.2) is 11.0 Å². The van der Waals surface area contributed by atoms with Crippen molar-refractivity contribution in [2.45, 2.75) is 25.3 Å². The van der Waals surface area contributed by atoms with Gasteiger partial charge < -0.3 is 18.3 Å². The van der Waals surface area contributed by atoms with E-state index in [0.717, 1.165) is 37.3 Å². The molecule has 1 fully saturated rings. The standard InChI is InChI=1S/C13H19BF3N2S.K/c1-9-11(8-19-5-3-18-4-6-19)7-12(14(15,16)17)10(2)13(9)20;/h7,18,20H,3-6,8H2,1-2H3;/q-1;+1. The second-order valence-electron chi connectivity index (χ2n) is 5.32. The summed E-state index contributed by atoms with van der Waals surface area (Å²) in [6.45, 7) is 2.40. The number of halogens is 3. The summed E-state index contributed by atoms with van der Waals surface area (Å²) >= 11 is 4.28. The molecule has 0 radical (unpaired) electrons. The van der Waals surface area contributed by atoms with Gasteiger partial charge in [0.15, 0.2) is 0 Å². The van der Waals surface area contributed by atoms with E-state index in [1.54, 1.807) is 0 Å². The minimum atomic E-state index is -4.99. The van der Waals surface area contributed by atoms with Crippen molar-refractivity contribution in [3.8, 4) is 0 Å². The van der Waals surface area contributed by atoms with Crippen LogP contribution in [0.25, 0.3) is 0 Å². The van der Waals surface area contributed by atoms with Crippen molar-refractivity contribution in [1.29, 1.82) is 0 Å². The third-order valence-electron chi connectivity index (χ3n) is 3.91. The number of benzene rings is 1. The van der Waals surface area contributed by atoms with E-state index < -0.39 is 12.4 Å². The van der Waals surface area contributed by atoms with E-state index in [1.807, 2.05) is 6.92 Å². The number of nitrogens with zero attached hydrogens (tertiary/aromatic N) is 1. The summed E-state index contributed by atoms with van der Waals surface area (Å²) in [6.07, 6.45) is 0. The normalized spacial score (nSPS) is 16.7. The number of thiol groups is 1. The van der Waals surface area contributed by atoms with Crippen LogP contribution in [0.3, 0.4) is 0 Å². The maximum absolute atomic E-state index is 13.1. The summed E-state index contributed by atoms with van der Waals surface area (Å²) in [5, 5.41) is 3.24. The molecule has 0 bridgehead atoms. The van der Waals surface area contributed by atoms with Gasteiger partial charge >= 0.3 is 58.4 Å². The fourth-order valence-electron chi connectivity index (χ4n) is 2.59. The van der Waals surface area contributed by atoms with Crippen LogP contribution in [0.5, 0.6) is 0 Å². The Kier molecular flexibility index (Phi) is 7.81. The van der Waals surface area contributed by atoms with Crippen molar-refractivity contribution in [2.24, 2.45) is 0 Å².